The molecular formula is C24H25F3N4O3S. The molecular weight excluding hydrogens is 481 g/mol. The second-order valence-electron chi connectivity index (χ2n) is 8.06. The maximum absolute atomic E-state index is 13.7. The number of aromatic nitrogens is 2. The second kappa shape index (κ2) is 11.5. The SMILES string of the molecule is [C-]#[N+]c1cccc(OCCCCCOc2ccc(-c3nnc([C@@](C)(N)CO)s3)cc2C(F)(F)F)c1. The number of aliphatic hydroxyl groups excluding tert-OH is 1. The monoisotopic (exact) mass is 506 g/mol. The molecule has 0 bridgehead atoms. The number of alkyl halides is 3. The van der Waals surface area contributed by atoms with Gasteiger partial charge in [-0.05, 0) is 56.5 Å². The molecule has 3 rings (SSSR count). The summed E-state index contributed by atoms with van der Waals surface area (Å²) in [7, 11) is 0. The Morgan fingerprint density at radius 3 is 2.49 bits per heavy atom. The Morgan fingerprint density at radius 1 is 1.06 bits per heavy atom. The van der Waals surface area contributed by atoms with Crippen molar-refractivity contribution in [2.24, 2.45) is 5.73 Å². The third-order valence-electron chi connectivity index (χ3n) is 5.04. The Balaban J connectivity index is 1.55. The smallest absolute Gasteiger partial charge is 0.419 e. The zero-order valence-corrected chi connectivity index (χ0v) is 19.8. The van der Waals surface area contributed by atoms with Gasteiger partial charge in [-0.1, -0.05) is 23.5 Å². The van der Waals surface area contributed by atoms with E-state index in [1.54, 1.807) is 31.2 Å². The van der Waals surface area contributed by atoms with Gasteiger partial charge in [-0.15, -0.1) is 10.2 Å². The van der Waals surface area contributed by atoms with E-state index in [1.165, 1.54) is 12.1 Å². The Labute approximate surface area is 205 Å². The summed E-state index contributed by atoms with van der Waals surface area (Å²) < 4.78 is 52.1. The number of hydrogen-bond donors (Lipinski definition) is 2. The van der Waals surface area contributed by atoms with Gasteiger partial charge in [0.1, 0.15) is 21.5 Å². The fraction of sp³-hybridized carbons (Fsp3) is 0.375. The fourth-order valence-electron chi connectivity index (χ4n) is 3.04. The van der Waals surface area contributed by atoms with Gasteiger partial charge in [-0.2, -0.15) is 13.2 Å². The first-order valence-electron chi connectivity index (χ1n) is 10.8. The predicted octanol–water partition coefficient (Wildman–Crippen LogP) is 5.57. The Kier molecular flexibility index (Phi) is 8.67. The minimum Gasteiger partial charge on any atom is -0.495 e. The second-order valence-corrected chi connectivity index (χ2v) is 9.04. The van der Waals surface area contributed by atoms with Gasteiger partial charge < -0.3 is 20.3 Å². The number of hydrogen-bond acceptors (Lipinski definition) is 7. The van der Waals surface area contributed by atoms with Crippen LogP contribution in [0.25, 0.3) is 15.4 Å². The van der Waals surface area contributed by atoms with Crippen LogP contribution in [-0.4, -0.2) is 35.1 Å². The van der Waals surface area contributed by atoms with Crippen LogP contribution in [-0.2, 0) is 11.7 Å². The molecule has 0 saturated heterocycles. The minimum absolute atomic E-state index is 0.126. The lowest BCUT2D eigenvalue weighted by atomic mass is 10.1. The third kappa shape index (κ3) is 7.14. The highest BCUT2D eigenvalue weighted by molar-refractivity contribution is 7.14. The van der Waals surface area contributed by atoms with E-state index in [-0.39, 0.29) is 29.5 Å². The molecule has 0 saturated carbocycles. The van der Waals surface area contributed by atoms with Gasteiger partial charge in [0.2, 0.25) is 0 Å². The van der Waals surface area contributed by atoms with Crippen molar-refractivity contribution >= 4 is 17.0 Å². The van der Waals surface area contributed by atoms with E-state index < -0.39 is 17.3 Å². The maximum Gasteiger partial charge on any atom is 0.419 e. The van der Waals surface area contributed by atoms with E-state index in [1.807, 2.05) is 0 Å². The molecule has 3 aromatic rings. The molecule has 1 atom stereocenters. The van der Waals surface area contributed by atoms with E-state index in [9.17, 15) is 18.3 Å². The van der Waals surface area contributed by atoms with Crippen LogP contribution in [0, 0.1) is 6.57 Å². The van der Waals surface area contributed by atoms with Crippen molar-refractivity contribution in [3.63, 3.8) is 0 Å². The van der Waals surface area contributed by atoms with Gasteiger partial charge in [0, 0.05) is 5.56 Å². The molecule has 0 fully saturated rings. The van der Waals surface area contributed by atoms with Gasteiger partial charge in [0.25, 0.3) is 0 Å². The molecule has 1 aromatic heterocycles. The summed E-state index contributed by atoms with van der Waals surface area (Å²) in [4.78, 5) is 3.34. The molecule has 3 N–H and O–H groups in total. The zero-order valence-electron chi connectivity index (χ0n) is 19.0. The van der Waals surface area contributed by atoms with Crippen LogP contribution in [0.3, 0.4) is 0 Å². The molecule has 186 valence electrons. The lowest BCUT2D eigenvalue weighted by Crippen LogP contribution is -2.36. The first kappa shape index (κ1) is 26.4. The van der Waals surface area contributed by atoms with Crippen molar-refractivity contribution in [3.05, 3.63) is 64.5 Å². The number of unbranched alkanes of at least 4 members (excludes halogenated alkanes) is 2. The molecule has 35 heavy (non-hydrogen) atoms. The van der Waals surface area contributed by atoms with Crippen molar-refractivity contribution in [1.82, 2.24) is 10.2 Å². The highest BCUT2D eigenvalue weighted by Crippen LogP contribution is 2.40. The normalized spacial score (nSPS) is 13.2. The number of nitrogens with two attached hydrogens (primary N) is 1. The Bertz CT molecular complexity index is 1180. The van der Waals surface area contributed by atoms with Crippen molar-refractivity contribution in [3.8, 4) is 22.1 Å². The quantitative estimate of drug-likeness (QED) is 0.261. The first-order chi connectivity index (χ1) is 16.6. The van der Waals surface area contributed by atoms with Gasteiger partial charge >= 0.3 is 6.18 Å². The summed E-state index contributed by atoms with van der Waals surface area (Å²) in [5, 5.41) is 17.8. The summed E-state index contributed by atoms with van der Waals surface area (Å²) in [5.74, 6) is 0.358. The standard InChI is InChI=1S/C24H25F3N4O3S/c1-23(28,15-32)22-31-30-21(35-22)16-9-10-20(19(13-16)24(25,26)27)34-12-5-3-4-11-33-18-8-6-7-17(14-18)29-2/h6-10,13-14,32H,3-5,11-12,15,28H2,1H3/t23-/m0/s1. The number of nitrogens with zero attached hydrogens (tertiary/aromatic N) is 3. The van der Waals surface area contributed by atoms with Crippen LogP contribution in [0.5, 0.6) is 11.5 Å². The van der Waals surface area contributed by atoms with Crippen molar-refractivity contribution in [1.29, 1.82) is 0 Å². The highest BCUT2D eigenvalue weighted by atomic mass is 32.1. The summed E-state index contributed by atoms with van der Waals surface area (Å²) in [5.41, 5.74) is 4.64. The molecule has 0 aliphatic heterocycles. The van der Waals surface area contributed by atoms with E-state index >= 15 is 0 Å². The first-order valence-corrected chi connectivity index (χ1v) is 11.6. The number of benzene rings is 2. The predicted molar refractivity (Wildman–Crippen MR) is 127 cm³/mol. The van der Waals surface area contributed by atoms with E-state index in [2.05, 4.69) is 15.0 Å². The molecule has 2 aromatic carbocycles. The number of halogens is 3. The van der Waals surface area contributed by atoms with Crippen molar-refractivity contribution in [2.75, 3.05) is 19.8 Å². The third-order valence-corrected chi connectivity index (χ3v) is 6.29. The van der Waals surface area contributed by atoms with Gasteiger partial charge in [0.05, 0.1) is 37.5 Å². The molecule has 0 aliphatic rings. The lowest BCUT2D eigenvalue weighted by Gasteiger charge is -2.17. The van der Waals surface area contributed by atoms with Crippen molar-refractivity contribution < 1.29 is 27.8 Å². The molecule has 11 heteroatoms. The van der Waals surface area contributed by atoms with Gasteiger partial charge in [-0.25, -0.2) is 4.85 Å². The number of rotatable bonds is 11. The minimum atomic E-state index is -4.61. The Morgan fingerprint density at radius 2 is 1.80 bits per heavy atom. The average Bonchev–Trinajstić information content (AvgIpc) is 3.34. The highest BCUT2D eigenvalue weighted by Gasteiger charge is 2.35. The molecule has 7 nitrogen and oxygen atoms in total. The summed E-state index contributed by atoms with van der Waals surface area (Å²) in [6, 6.07) is 10.6. The number of aliphatic hydroxyl groups is 1. The topological polar surface area (TPSA) is 94.9 Å². The van der Waals surface area contributed by atoms with Crippen LogP contribution < -0.4 is 15.2 Å². The maximum atomic E-state index is 13.7. The lowest BCUT2D eigenvalue weighted by molar-refractivity contribution is -0.138. The largest absolute Gasteiger partial charge is 0.495 e. The molecule has 1 heterocycles. The molecule has 0 unspecified atom stereocenters. The number of ether oxygens (including phenoxy) is 2. The van der Waals surface area contributed by atoms with Crippen LogP contribution >= 0.6 is 11.3 Å². The van der Waals surface area contributed by atoms with E-state index in [0.29, 0.717) is 42.3 Å². The summed E-state index contributed by atoms with van der Waals surface area (Å²) in [6.07, 6.45) is -2.65. The molecule has 0 amide bonds. The summed E-state index contributed by atoms with van der Waals surface area (Å²) in [6.45, 7) is 8.76. The average molecular weight is 507 g/mol. The van der Waals surface area contributed by atoms with E-state index in [4.69, 9.17) is 21.8 Å². The van der Waals surface area contributed by atoms with Gasteiger partial charge in [0.15, 0.2) is 5.69 Å². The zero-order chi connectivity index (χ0) is 25.5. The van der Waals surface area contributed by atoms with Crippen molar-refractivity contribution in [2.45, 2.75) is 37.9 Å². The van der Waals surface area contributed by atoms with Crippen LogP contribution in [0.2, 0.25) is 0 Å². The Hall–Kier alpha value is -3.20. The molecule has 0 radical (unpaired) electrons. The van der Waals surface area contributed by atoms with Crippen LogP contribution in [0.15, 0.2) is 42.5 Å². The summed E-state index contributed by atoms with van der Waals surface area (Å²) >= 11 is 1.03. The molecule has 0 spiro atoms. The van der Waals surface area contributed by atoms with Gasteiger partial charge in [-0.3, -0.25) is 0 Å². The van der Waals surface area contributed by atoms with Crippen LogP contribution in [0.1, 0.15) is 36.8 Å². The van der Waals surface area contributed by atoms with Crippen LogP contribution in [0.4, 0.5) is 18.9 Å². The fourth-order valence-corrected chi connectivity index (χ4v) is 3.93. The molecule has 0 aliphatic carbocycles. The van der Waals surface area contributed by atoms with E-state index in [0.717, 1.165) is 17.4 Å².